The van der Waals surface area contributed by atoms with E-state index in [0.717, 1.165) is 20.8 Å². The lowest BCUT2D eigenvalue weighted by Crippen LogP contribution is -2.04. The minimum absolute atomic E-state index is 0.0936. The van der Waals surface area contributed by atoms with Crippen LogP contribution in [0.3, 0.4) is 0 Å². The molecule has 0 saturated heterocycles. The maximum absolute atomic E-state index is 11.1. The van der Waals surface area contributed by atoms with Crippen molar-refractivity contribution < 1.29 is 4.79 Å². The zero-order valence-corrected chi connectivity index (χ0v) is 15.4. The van der Waals surface area contributed by atoms with E-state index in [0.29, 0.717) is 5.56 Å². The third kappa shape index (κ3) is 3.80. The van der Waals surface area contributed by atoms with Crippen molar-refractivity contribution in [2.75, 3.05) is 0 Å². The number of carbonyl (C=O) groups excluding carboxylic acids is 1. The molecule has 0 heterocycles. The summed E-state index contributed by atoms with van der Waals surface area (Å²) < 4.78 is 2.11. The van der Waals surface area contributed by atoms with Crippen molar-refractivity contribution >= 4 is 38.1 Å². The average Bonchev–Trinajstić information content (AvgIpc) is 2.59. The SMILES string of the molecule is O=Cc1cccc(C(c2ccc(Br)cc2)c2ccc(Br)cc2)c1. The molecule has 0 aliphatic heterocycles. The van der Waals surface area contributed by atoms with Gasteiger partial charge in [0.1, 0.15) is 6.29 Å². The van der Waals surface area contributed by atoms with E-state index < -0.39 is 0 Å². The van der Waals surface area contributed by atoms with Gasteiger partial charge in [0.25, 0.3) is 0 Å². The van der Waals surface area contributed by atoms with Gasteiger partial charge in [0.05, 0.1) is 0 Å². The molecule has 0 unspecified atom stereocenters. The lowest BCUT2D eigenvalue weighted by molar-refractivity contribution is 0.112. The van der Waals surface area contributed by atoms with Gasteiger partial charge in [-0.05, 0) is 47.0 Å². The Kier molecular flexibility index (Phi) is 5.09. The topological polar surface area (TPSA) is 17.1 Å². The Labute approximate surface area is 152 Å². The second-order valence-corrected chi connectivity index (χ2v) is 7.16. The summed E-state index contributed by atoms with van der Waals surface area (Å²) in [7, 11) is 0. The summed E-state index contributed by atoms with van der Waals surface area (Å²) in [6.45, 7) is 0. The lowest BCUT2D eigenvalue weighted by atomic mass is 9.85. The second-order valence-electron chi connectivity index (χ2n) is 5.32. The standard InChI is InChI=1S/C20H14Br2O/c21-18-8-4-15(5-9-18)20(16-6-10-19(22)11-7-16)17-3-1-2-14(12-17)13-23/h1-13,20H. The minimum Gasteiger partial charge on any atom is -0.298 e. The first-order chi connectivity index (χ1) is 11.2. The van der Waals surface area contributed by atoms with Crippen LogP contribution in [0, 0.1) is 0 Å². The van der Waals surface area contributed by atoms with Crippen LogP contribution in [-0.4, -0.2) is 6.29 Å². The van der Waals surface area contributed by atoms with Gasteiger partial charge in [0, 0.05) is 20.4 Å². The number of halogens is 2. The summed E-state index contributed by atoms with van der Waals surface area (Å²) in [5, 5.41) is 0. The maximum atomic E-state index is 11.1. The van der Waals surface area contributed by atoms with E-state index in [1.54, 1.807) is 0 Å². The Balaban J connectivity index is 2.14. The van der Waals surface area contributed by atoms with Gasteiger partial charge in [-0.25, -0.2) is 0 Å². The zero-order valence-electron chi connectivity index (χ0n) is 12.2. The van der Waals surface area contributed by atoms with Gasteiger partial charge in [-0.15, -0.1) is 0 Å². The number of rotatable bonds is 4. The van der Waals surface area contributed by atoms with E-state index in [1.165, 1.54) is 11.1 Å². The molecular weight excluding hydrogens is 416 g/mol. The monoisotopic (exact) mass is 428 g/mol. The number of hydrogen-bond acceptors (Lipinski definition) is 1. The number of hydrogen-bond donors (Lipinski definition) is 0. The van der Waals surface area contributed by atoms with Crippen molar-refractivity contribution in [3.05, 3.63) is 104 Å². The molecular formula is C20H14Br2O. The summed E-state index contributed by atoms with van der Waals surface area (Å²) in [5.41, 5.74) is 4.19. The fourth-order valence-electron chi connectivity index (χ4n) is 2.70. The largest absolute Gasteiger partial charge is 0.298 e. The van der Waals surface area contributed by atoms with Crippen LogP contribution in [0.25, 0.3) is 0 Å². The zero-order chi connectivity index (χ0) is 16.2. The fraction of sp³-hybridized carbons (Fsp3) is 0.0500. The van der Waals surface area contributed by atoms with Gasteiger partial charge >= 0.3 is 0 Å². The lowest BCUT2D eigenvalue weighted by Gasteiger charge is -2.19. The summed E-state index contributed by atoms with van der Waals surface area (Å²) in [4.78, 5) is 11.1. The van der Waals surface area contributed by atoms with E-state index in [9.17, 15) is 4.79 Å². The molecule has 3 rings (SSSR count). The molecule has 114 valence electrons. The number of aldehydes is 1. The molecule has 0 fully saturated rings. The van der Waals surface area contributed by atoms with Gasteiger partial charge in [-0.3, -0.25) is 4.79 Å². The van der Waals surface area contributed by atoms with Crippen LogP contribution in [0.2, 0.25) is 0 Å². The van der Waals surface area contributed by atoms with E-state index in [4.69, 9.17) is 0 Å². The van der Waals surface area contributed by atoms with Gasteiger partial charge in [-0.1, -0.05) is 74.3 Å². The summed E-state index contributed by atoms with van der Waals surface area (Å²) in [6.07, 6.45) is 0.893. The fourth-order valence-corrected chi connectivity index (χ4v) is 3.23. The van der Waals surface area contributed by atoms with Crippen molar-refractivity contribution in [3.63, 3.8) is 0 Å². The molecule has 3 aromatic carbocycles. The number of benzene rings is 3. The molecule has 0 saturated carbocycles. The van der Waals surface area contributed by atoms with Crippen LogP contribution in [0.4, 0.5) is 0 Å². The molecule has 0 radical (unpaired) electrons. The molecule has 0 bridgehead atoms. The third-order valence-electron chi connectivity index (χ3n) is 3.79. The normalized spacial score (nSPS) is 10.7. The highest BCUT2D eigenvalue weighted by Gasteiger charge is 2.17. The van der Waals surface area contributed by atoms with E-state index >= 15 is 0 Å². The molecule has 0 amide bonds. The maximum Gasteiger partial charge on any atom is 0.150 e. The predicted molar refractivity (Wildman–Crippen MR) is 101 cm³/mol. The minimum atomic E-state index is 0.0936. The molecule has 1 nitrogen and oxygen atoms in total. The van der Waals surface area contributed by atoms with Gasteiger partial charge in [-0.2, -0.15) is 0 Å². The predicted octanol–water partition coefficient (Wildman–Crippen LogP) is 6.20. The Morgan fingerprint density at radius 2 is 1.22 bits per heavy atom. The van der Waals surface area contributed by atoms with Crippen LogP contribution in [0.1, 0.15) is 33.0 Å². The van der Waals surface area contributed by atoms with Crippen molar-refractivity contribution in [1.82, 2.24) is 0 Å². The highest BCUT2D eigenvalue weighted by atomic mass is 79.9. The van der Waals surface area contributed by atoms with Gasteiger partial charge in [0.15, 0.2) is 0 Å². The molecule has 23 heavy (non-hydrogen) atoms. The van der Waals surface area contributed by atoms with E-state index in [1.807, 2.05) is 42.5 Å². The first-order valence-electron chi connectivity index (χ1n) is 7.23. The molecule has 0 aliphatic carbocycles. The molecule has 3 heteroatoms. The quantitative estimate of drug-likeness (QED) is 0.356. The molecule has 0 aromatic heterocycles. The highest BCUT2D eigenvalue weighted by Crippen LogP contribution is 2.33. The molecule has 3 aromatic rings. The summed E-state index contributed by atoms with van der Waals surface area (Å²) >= 11 is 6.97. The molecule has 0 spiro atoms. The van der Waals surface area contributed by atoms with Gasteiger partial charge < -0.3 is 0 Å². The highest BCUT2D eigenvalue weighted by molar-refractivity contribution is 9.10. The van der Waals surface area contributed by atoms with E-state index in [-0.39, 0.29) is 5.92 Å². The van der Waals surface area contributed by atoms with Crippen molar-refractivity contribution in [2.45, 2.75) is 5.92 Å². The Hall–Kier alpha value is -1.71. The van der Waals surface area contributed by atoms with Crippen LogP contribution >= 0.6 is 31.9 Å². The third-order valence-corrected chi connectivity index (χ3v) is 4.84. The van der Waals surface area contributed by atoms with Crippen LogP contribution < -0.4 is 0 Å². The Morgan fingerprint density at radius 3 is 1.70 bits per heavy atom. The Bertz CT molecular complexity index is 762. The van der Waals surface area contributed by atoms with Crippen molar-refractivity contribution in [2.24, 2.45) is 0 Å². The molecule has 0 N–H and O–H groups in total. The van der Waals surface area contributed by atoms with Crippen LogP contribution in [-0.2, 0) is 0 Å². The van der Waals surface area contributed by atoms with E-state index in [2.05, 4.69) is 62.2 Å². The Morgan fingerprint density at radius 1 is 0.696 bits per heavy atom. The summed E-state index contributed by atoms with van der Waals surface area (Å²) in [5.74, 6) is 0.0936. The van der Waals surface area contributed by atoms with Crippen molar-refractivity contribution in [1.29, 1.82) is 0 Å². The van der Waals surface area contributed by atoms with Gasteiger partial charge in [0.2, 0.25) is 0 Å². The first kappa shape index (κ1) is 16.2. The van der Waals surface area contributed by atoms with Crippen molar-refractivity contribution in [3.8, 4) is 0 Å². The smallest absolute Gasteiger partial charge is 0.150 e. The molecule has 0 atom stereocenters. The number of carbonyl (C=O) groups is 1. The van der Waals surface area contributed by atoms with Crippen LogP contribution in [0.5, 0.6) is 0 Å². The second kappa shape index (κ2) is 7.24. The summed E-state index contributed by atoms with van der Waals surface area (Å²) in [6, 6.07) is 24.4. The first-order valence-corrected chi connectivity index (χ1v) is 8.82. The average molecular weight is 430 g/mol. The van der Waals surface area contributed by atoms with Crippen LogP contribution in [0.15, 0.2) is 81.7 Å². The molecule has 0 aliphatic rings.